The van der Waals surface area contributed by atoms with Gasteiger partial charge in [0.2, 0.25) is 0 Å². The molecule has 188 valence electrons. The molecular weight excluding hydrogens is 482 g/mol. The molecule has 3 amide bonds. The van der Waals surface area contributed by atoms with Crippen LogP contribution in [0.15, 0.2) is 53.2 Å². The zero-order valence-electron chi connectivity index (χ0n) is 20.2. The molecule has 1 saturated carbocycles. The third-order valence-electron chi connectivity index (χ3n) is 6.39. The van der Waals surface area contributed by atoms with Crippen molar-refractivity contribution in [2.45, 2.75) is 52.0 Å². The summed E-state index contributed by atoms with van der Waals surface area (Å²) in [5.41, 5.74) is 2.37. The Balaban J connectivity index is 1.51. The van der Waals surface area contributed by atoms with Gasteiger partial charge in [-0.2, -0.15) is 0 Å². The number of carbonyl (C=O) groups is 4. The number of carbonyl (C=O) groups excluding carboxylic acids is 4. The number of ether oxygens (including phenoxy) is 1. The van der Waals surface area contributed by atoms with E-state index < -0.39 is 23.7 Å². The summed E-state index contributed by atoms with van der Waals surface area (Å²) in [6.07, 6.45) is 4.60. The van der Waals surface area contributed by atoms with Gasteiger partial charge in [-0.25, -0.2) is 4.79 Å². The summed E-state index contributed by atoms with van der Waals surface area (Å²) in [6, 6.07) is 11.3. The highest BCUT2D eigenvalue weighted by atomic mass is 35.5. The molecule has 1 aliphatic carbocycles. The smallest absolute Gasteiger partial charge is 0.338 e. The number of aryl methyl sites for hydroxylation is 1. The first-order valence-corrected chi connectivity index (χ1v) is 12.4. The largest absolute Gasteiger partial charge is 0.462 e. The Labute approximate surface area is 214 Å². The third kappa shape index (κ3) is 5.28. The number of imide groups is 1. The van der Waals surface area contributed by atoms with Gasteiger partial charge in [0.15, 0.2) is 0 Å². The number of halogens is 1. The van der Waals surface area contributed by atoms with Crippen LogP contribution in [0.2, 0.25) is 0 Å². The Morgan fingerprint density at radius 3 is 2.50 bits per heavy atom. The van der Waals surface area contributed by atoms with E-state index >= 15 is 0 Å². The lowest BCUT2D eigenvalue weighted by Gasteiger charge is -2.29. The minimum atomic E-state index is -0.482. The van der Waals surface area contributed by atoms with Crippen molar-refractivity contribution < 1.29 is 23.9 Å². The van der Waals surface area contributed by atoms with E-state index in [0.717, 1.165) is 37.7 Å². The van der Waals surface area contributed by atoms with Gasteiger partial charge in [-0.3, -0.25) is 19.3 Å². The molecule has 2 aromatic rings. The molecule has 1 heterocycles. The van der Waals surface area contributed by atoms with E-state index in [9.17, 15) is 19.2 Å². The molecule has 1 aliphatic heterocycles. The van der Waals surface area contributed by atoms with Crippen LogP contribution in [0.25, 0.3) is 0 Å². The lowest BCUT2D eigenvalue weighted by atomic mass is 9.94. The third-order valence-corrected chi connectivity index (χ3v) is 6.74. The van der Waals surface area contributed by atoms with Gasteiger partial charge < -0.3 is 15.4 Å². The highest BCUT2D eigenvalue weighted by Gasteiger charge is 2.42. The Kier molecular flexibility index (Phi) is 7.74. The predicted molar refractivity (Wildman–Crippen MR) is 137 cm³/mol. The van der Waals surface area contributed by atoms with Gasteiger partial charge in [-0.1, -0.05) is 43.0 Å². The number of hydrogen-bond acceptors (Lipinski definition) is 6. The van der Waals surface area contributed by atoms with E-state index in [-0.39, 0.29) is 23.4 Å². The molecule has 8 nitrogen and oxygen atoms in total. The van der Waals surface area contributed by atoms with Gasteiger partial charge >= 0.3 is 5.97 Å². The number of anilines is 2. The highest BCUT2D eigenvalue weighted by Crippen LogP contribution is 2.33. The molecule has 2 N–H and O–H groups in total. The van der Waals surface area contributed by atoms with E-state index in [0.29, 0.717) is 22.5 Å². The van der Waals surface area contributed by atoms with Crippen LogP contribution >= 0.6 is 11.6 Å². The molecule has 36 heavy (non-hydrogen) atoms. The molecule has 0 spiro atoms. The van der Waals surface area contributed by atoms with Crippen LogP contribution in [0.4, 0.5) is 11.4 Å². The maximum atomic E-state index is 13.1. The number of nitrogens with zero attached hydrogens (tertiary/aromatic N) is 1. The SMILES string of the molecule is CCOC(=O)c1cccc(NC(=O)c2ccc(C)c(NC3=C(Cl)C(=O)N(C4CCCCC4)C3=O)c2)c1. The van der Waals surface area contributed by atoms with Crippen LogP contribution < -0.4 is 10.6 Å². The lowest BCUT2D eigenvalue weighted by molar-refractivity contribution is -0.140. The number of hydrogen-bond donors (Lipinski definition) is 2. The van der Waals surface area contributed by atoms with Crippen molar-refractivity contribution in [2.24, 2.45) is 0 Å². The van der Waals surface area contributed by atoms with Crippen molar-refractivity contribution in [1.82, 2.24) is 4.90 Å². The Bertz CT molecular complexity index is 1250. The molecule has 0 bridgehead atoms. The monoisotopic (exact) mass is 509 g/mol. The van der Waals surface area contributed by atoms with Gasteiger partial charge in [0.25, 0.3) is 17.7 Å². The molecule has 2 aliphatic rings. The summed E-state index contributed by atoms with van der Waals surface area (Å²) in [5.74, 6) is -1.80. The summed E-state index contributed by atoms with van der Waals surface area (Å²) in [7, 11) is 0. The molecule has 4 rings (SSSR count). The van der Waals surface area contributed by atoms with Crippen LogP contribution in [-0.2, 0) is 14.3 Å². The van der Waals surface area contributed by atoms with Gasteiger partial charge in [0.1, 0.15) is 10.7 Å². The number of amides is 3. The molecular formula is C27H28ClN3O5. The molecule has 0 unspecified atom stereocenters. The van der Waals surface area contributed by atoms with Crippen molar-refractivity contribution >= 4 is 46.7 Å². The number of rotatable bonds is 7. The van der Waals surface area contributed by atoms with Crippen molar-refractivity contribution in [2.75, 3.05) is 17.2 Å². The standard InChI is InChI=1S/C27H28ClN3O5/c1-3-36-27(35)18-8-7-9-19(14-18)29-24(32)17-13-12-16(2)21(15-17)30-23-22(28)25(33)31(26(23)34)20-10-5-4-6-11-20/h7-9,12-15,20,30H,3-6,10-11H2,1-2H3,(H,29,32). The van der Waals surface area contributed by atoms with E-state index in [4.69, 9.17) is 16.3 Å². The first-order valence-electron chi connectivity index (χ1n) is 12.0. The fourth-order valence-corrected chi connectivity index (χ4v) is 4.69. The quantitative estimate of drug-likeness (QED) is 0.402. The van der Waals surface area contributed by atoms with Crippen molar-refractivity contribution in [3.63, 3.8) is 0 Å². The number of benzene rings is 2. The second-order valence-corrected chi connectivity index (χ2v) is 9.25. The fourth-order valence-electron chi connectivity index (χ4n) is 4.47. The van der Waals surface area contributed by atoms with E-state index in [2.05, 4.69) is 10.6 Å². The molecule has 9 heteroatoms. The van der Waals surface area contributed by atoms with Crippen LogP contribution in [-0.4, -0.2) is 41.2 Å². The highest BCUT2D eigenvalue weighted by molar-refractivity contribution is 6.48. The van der Waals surface area contributed by atoms with Crippen molar-refractivity contribution in [3.05, 3.63) is 69.9 Å². The summed E-state index contributed by atoms with van der Waals surface area (Å²) < 4.78 is 5.01. The minimum Gasteiger partial charge on any atom is -0.462 e. The van der Waals surface area contributed by atoms with Crippen molar-refractivity contribution in [1.29, 1.82) is 0 Å². The van der Waals surface area contributed by atoms with Crippen LogP contribution in [0.3, 0.4) is 0 Å². The van der Waals surface area contributed by atoms with Crippen LogP contribution in [0.1, 0.15) is 65.3 Å². The topological polar surface area (TPSA) is 105 Å². The molecule has 1 fully saturated rings. The predicted octanol–water partition coefficient (Wildman–Crippen LogP) is 4.99. The first kappa shape index (κ1) is 25.4. The first-order chi connectivity index (χ1) is 17.3. The van der Waals surface area contributed by atoms with Gasteiger partial charge in [-0.15, -0.1) is 0 Å². The molecule has 0 radical (unpaired) electrons. The Hall–Kier alpha value is -3.65. The summed E-state index contributed by atoms with van der Waals surface area (Å²) in [6.45, 7) is 3.79. The summed E-state index contributed by atoms with van der Waals surface area (Å²) in [4.78, 5) is 52.1. The maximum absolute atomic E-state index is 13.1. The second kappa shape index (κ2) is 11.0. The molecule has 0 atom stereocenters. The Morgan fingerprint density at radius 1 is 1.03 bits per heavy atom. The van der Waals surface area contributed by atoms with Crippen molar-refractivity contribution in [3.8, 4) is 0 Å². The molecule has 0 aromatic heterocycles. The minimum absolute atomic E-state index is 0.0232. The molecule has 0 saturated heterocycles. The average Bonchev–Trinajstić information content (AvgIpc) is 3.09. The zero-order chi connectivity index (χ0) is 25.8. The second-order valence-electron chi connectivity index (χ2n) is 8.87. The number of nitrogens with one attached hydrogen (secondary N) is 2. The number of esters is 1. The van der Waals surface area contributed by atoms with E-state index in [1.54, 1.807) is 43.3 Å². The molecule has 2 aromatic carbocycles. The van der Waals surface area contributed by atoms with Crippen LogP contribution in [0, 0.1) is 6.92 Å². The fraction of sp³-hybridized carbons (Fsp3) is 0.333. The Morgan fingerprint density at radius 2 is 1.78 bits per heavy atom. The maximum Gasteiger partial charge on any atom is 0.338 e. The van der Waals surface area contributed by atoms with Gasteiger partial charge in [0, 0.05) is 23.0 Å². The van der Waals surface area contributed by atoms with Gasteiger partial charge in [-0.05, 0) is 62.6 Å². The van der Waals surface area contributed by atoms with E-state index in [1.165, 1.54) is 11.0 Å². The van der Waals surface area contributed by atoms with Gasteiger partial charge in [0.05, 0.1) is 12.2 Å². The lowest BCUT2D eigenvalue weighted by Crippen LogP contribution is -2.42. The zero-order valence-corrected chi connectivity index (χ0v) is 21.0. The normalized spacial score (nSPS) is 16.4. The average molecular weight is 510 g/mol. The van der Waals surface area contributed by atoms with Crippen LogP contribution in [0.5, 0.6) is 0 Å². The summed E-state index contributed by atoms with van der Waals surface area (Å²) >= 11 is 6.30. The van der Waals surface area contributed by atoms with E-state index in [1.807, 2.05) is 6.92 Å². The summed E-state index contributed by atoms with van der Waals surface area (Å²) in [5, 5.41) is 5.63.